The van der Waals surface area contributed by atoms with Gasteiger partial charge in [-0.3, -0.25) is 0 Å². The average Bonchev–Trinajstić information content (AvgIpc) is 2.60. The molecule has 0 aromatic carbocycles. The molecule has 3 heteroatoms. The summed E-state index contributed by atoms with van der Waals surface area (Å²) in [7, 11) is 0. The zero-order valence-corrected chi connectivity index (χ0v) is 9.28. The number of hydrogen-bond donors (Lipinski definition) is 1. The van der Waals surface area contributed by atoms with Crippen LogP contribution in [-0.4, -0.2) is 37.5 Å². The molecule has 0 aliphatic carbocycles. The summed E-state index contributed by atoms with van der Waals surface area (Å²) in [6.07, 6.45) is 8.37. The van der Waals surface area contributed by atoms with Crippen LogP contribution in [0, 0.1) is 0 Å². The summed E-state index contributed by atoms with van der Waals surface area (Å²) in [4.78, 5) is 0. The number of nitrogens with one attached hydrogen (secondary N) is 1. The number of fused-ring (bicyclic) bond motifs is 2. The molecule has 2 unspecified atom stereocenters. The molecule has 0 amide bonds. The summed E-state index contributed by atoms with van der Waals surface area (Å²) in [5, 5.41) is 3.65. The molecule has 0 saturated carbocycles. The highest BCUT2D eigenvalue weighted by atomic mass is 16.5. The number of hydrogen-bond acceptors (Lipinski definition) is 3. The second-order valence-corrected chi connectivity index (χ2v) is 5.18. The maximum absolute atomic E-state index is 6.19. The lowest BCUT2D eigenvalue weighted by molar-refractivity contribution is -0.0810. The van der Waals surface area contributed by atoms with Gasteiger partial charge in [0.05, 0.1) is 12.2 Å². The van der Waals surface area contributed by atoms with Crippen LogP contribution < -0.4 is 5.32 Å². The highest BCUT2D eigenvalue weighted by molar-refractivity contribution is 4.93. The van der Waals surface area contributed by atoms with Crippen molar-refractivity contribution in [2.45, 2.75) is 62.8 Å². The van der Waals surface area contributed by atoms with E-state index in [1.165, 1.54) is 25.7 Å². The first kappa shape index (κ1) is 10.1. The highest BCUT2D eigenvalue weighted by Gasteiger charge is 2.35. The first-order valence-corrected chi connectivity index (χ1v) is 6.39. The molecule has 0 radical (unpaired) electrons. The van der Waals surface area contributed by atoms with Gasteiger partial charge < -0.3 is 14.8 Å². The summed E-state index contributed by atoms with van der Waals surface area (Å²) < 4.78 is 11.5. The van der Waals surface area contributed by atoms with Crippen molar-refractivity contribution in [3.8, 4) is 0 Å². The van der Waals surface area contributed by atoms with E-state index in [4.69, 9.17) is 9.47 Å². The van der Waals surface area contributed by atoms with Gasteiger partial charge in [0.1, 0.15) is 0 Å². The van der Waals surface area contributed by atoms with E-state index < -0.39 is 0 Å². The molecule has 0 aromatic heterocycles. The number of rotatable bonds is 2. The van der Waals surface area contributed by atoms with Gasteiger partial charge in [-0.15, -0.1) is 0 Å². The zero-order chi connectivity index (χ0) is 10.1. The Morgan fingerprint density at radius 1 is 0.867 bits per heavy atom. The van der Waals surface area contributed by atoms with E-state index in [1.807, 2.05) is 0 Å². The third-order valence-electron chi connectivity index (χ3n) is 3.98. The largest absolute Gasteiger partial charge is 0.381 e. The van der Waals surface area contributed by atoms with Gasteiger partial charge in [-0.05, 0) is 38.5 Å². The Balaban J connectivity index is 1.50. The van der Waals surface area contributed by atoms with Gasteiger partial charge in [0.15, 0.2) is 0 Å². The van der Waals surface area contributed by atoms with E-state index in [1.54, 1.807) is 0 Å². The maximum atomic E-state index is 6.19. The second-order valence-electron chi connectivity index (χ2n) is 5.18. The van der Waals surface area contributed by atoms with E-state index >= 15 is 0 Å². The van der Waals surface area contributed by atoms with E-state index in [9.17, 15) is 0 Å². The Kier molecular flexibility index (Phi) is 2.95. The molecule has 3 aliphatic rings. The molecule has 3 saturated heterocycles. The van der Waals surface area contributed by atoms with Crippen molar-refractivity contribution in [1.82, 2.24) is 5.32 Å². The standard InChI is InChI=1S/C12H21NO2/c1-2-10-8-12(7-9(1)13-10)15-11-3-5-14-6-4-11/h9-13H,1-8H2. The fourth-order valence-corrected chi connectivity index (χ4v) is 3.20. The average molecular weight is 211 g/mol. The van der Waals surface area contributed by atoms with Crippen molar-refractivity contribution in [3.63, 3.8) is 0 Å². The first-order chi connectivity index (χ1) is 7.40. The van der Waals surface area contributed by atoms with Gasteiger partial charge in [0.2, 0.25) is 0 Å². The molecule has 0 aromatic rings. The van der Waals surface area contributed by atoms with Crippen LogP contribution in [0.25, 0.3) is 0 Å². The molecule has 0 spiro atoms. The lowest BCUT2D eigenvalue weighted by atomic mass is 10.0. The Hall–Kier alpha value is -0.120. The van der Waals surface area contributed by atoms with Crippen molar-refractivity contribution in [1.29, 1.82) is 0 Å². The van der Waals surface area contributed by atoms with Crippen molar-refractivity contribution >= 4 is 0 Å². The van der Waals surface area contributed by atoms with Crippen LogP contribution in [0.2, 0.25) is 0 Å². The number of piperidine rings is 1. The van der Waals surface area contributed by atoms with E-state index in [0.29, 0.717) is 12.2 Å². The maximum Gasteiger partial charge on any atom is 0.0622 e. The Bertz CT molecular complexity index is 204. The summed E-state index contributed by atoms with van der Waals surface area (Å²) in [6, 6.07) is 1.49. The molecular formula is C12H21NO2. The first-order valence-electron chi connectivity index (χ1n) is 6.39. The van der Waals surface area contributed by atoms with Crippen molar-refractivity contribution in [3.05, 3.63) is 0 Å². The molecule has 3 rings (SSSR count). The minimum absolute atomic E-state index is 0.473. The third kappa shape index (κ3) is 2.35. The highest BCUT2D eigenvalue weighted by Crippen LogP contribution is 2.30. The van der Waals surface area contributed by atoms with E-state index in [-0.39, 0.29) is 0 Å². The van der Waals surface area contributed by atoms with Gasteiger partial charge in [-0.2, -0.15) is 0 Å². The van der Waals surface area contributed by atoms with Crippen LogP contribution in [0.4, 0.5) is 0 Å². The monoisotopic (exact) mass is 211 g/mol. The van der Waals surface area contributed by atoms with Gasteiger partial charge >= 0.3 is 0 Å². The van der Waals surface area contributed by atoms with Crippen LogP contribution in [0.3, 0.4) is 0 Å². The lowest BCUT2D eigenvalue weighted by Crippen LogP contribution is -2.43. The van der Waals surface area contributed by atoms with Gasteiger partial charge in [0, 0.05) is 25.3 Å². The minimum Gasteiger partial charge on any atom is -0.381 e. The molecule has 3 aliphatic heterocycles. The fraction of sp³-hybridized carbons (Fsp3) is 1.00. The molecular weight excluding hydrogens is 190 g/mol. The van der Waals surface area contributed by atoms with Gasteiger partial charge in [-0.1, -0.05) is 0 Å². The van der Waals surface area contributed by atoms with Crippen LogP contribution in [0.15, 0.2) is 0 Å². The van der Waals surface area contributed by atoms with Gasteiger partial charge in [0.25, 0.3) is 0 Å². The molecule has 2 atom stereocenters. The smallest absolute Gasteiger partial charge is 0.0622 e. The SMILES string of the molecule is C1CC(OC2CC3CCC(C2)N3)CCO1. The quantitative estimate of drug-likeness (QED) is 0.750. The van der Waals surface area contributed by atoms with Crippen LogP contribution in [-0.2, 0) is 9.47 Å². The van der Waals surface area contributed by atoms with Crippen molar-refractivity contribution in [2.75, 3.05) is 13.2 Å². The van der Waals surface area contributed by atoms with E-state index in [0.717, 1.165) is 38.1 Å². The molecule has 3 fully saturated rings. The van der Waals surface area contributed by atoms with Crippen LogP contribution >= 0.6 is 0 Å². The van der Waals surface area contributed by atoms with Crippen molar-refractivity contribution in [2.24, 2.45) is 0 Å². The van der Waals surface area contributed by atoms with Crippen LogP contribution in [0.5, 0.6) is 0 Å². The summed E-state index contributed by atoms with van der Waals surface area (Å²) in [5.74, 6) is 0. The second kappa shape index (κ2) is 4.40. The molecule has 3 nitrogen and oxygen atoms in total. The van der Waals surface area contributed by atoms with Crippen molar-refractivity contribution < 1.29 is 9.47 Å². The van der Waals surface area contributed by atoms with Gasteiger partial charge in [-0.25, -0.2) is 0 Å². The predicted octanol–water partition coefficient (Wildman–Crippen LogP) is 1.47. The zero-order valence-electron chi connectivity index (χ0n) is 9.28. The lowest BCUT2D eigenvalue weighted by Gasteiger charge is -2.33. The molecule has 3 heterocycles. The third-order valence-corrected chi connectivity index (χ3v) is 3.98. The summed E-state index contributed by atoms with van der Waals surface area (Å²) in [6.45, 7) is 1.78. The Morgan fingerprint density at radius 3 is 2.20 bits per heavy atom. The Labute approximate surface area is 91.5 Å². The van der Waals surface area contributed by atoms with E-state index in [2.05, 4.69) is 5.32 Å². The molecule has 86 valence electrons. The Morgan fingerprint density at radius 2 is 1.53 bits per heavy atom. The number of ether oxygens (including phenoxy) is 2. The summed E-state index contributed by atoms with van der Waals surface area (Å²) >= 11 is 0. The summed E-state index contributed by atoms with van der Waals surface area (Å²) in [5.41, 5.74) is 0. The fourth-order valence-electron chi connectivity index (χ4n) is 3.20. The minimum atomic E-state index is 0.473. The molecule has 15 heavy (non-hydrogen) atoms. The predicted molar refractivity (Wildman–Crippen MR) is 57.9 cm³/mol. The normalized spacial score (nSPS) is 42.0. The van der Waals surface area contributed by atoms with Crippen LogP contribution in [0.1, 0.15) is 38.5 Å². The topological polar surface area (TPSA) is 30.5 Å². The molecule has 1 N–H and O–H groups in total. The molecule has 2 bridgehead atoms.